The molecule has 2 unspecified atom stereocenters. The zero-order chi connectivity index (χ0) is 14.6. The Hall–Kier alpha value is -1.35. The van der Waals surface area contributed by atoms with Gasteiger partial charge in [0.15, 0.2) is 0 Å². The zero-order valence-electron chi connectivity index (χ0n) is 12.6. The summed E-state index contributed by atoms with van der Waals surface area (Å²) in [7, 11) is 0. The zero-order valence-corrected chi connectivity index (χ0v) is 12.6. The second-order valence-corrected chi connectivity index (χ2v) is 6.44. The molecule has 20 heavy (non-hydrogen) atoms. The summed E-state index contributed by atoms with van der Waals surface area (Å²) >= 11 is 0. The van der Waals surface area contributed by atoms with Gasteiger partial charge in [-0.3, -0.25) is 4.79 Å². The lowest BCUT2D eigenvalue weighted by molar-refractivity contribution is -0.134. The summed E-state index contributed by atoms with van der Waals surface area (Å²) in [5, 5.41) is 0. The quantitative estimate of drug-likeness (QED) is 0.896. The van der Waals surface area contributed by atoms with Crippen molar-refractivity contribution in [2.24, 2.45) is 17.1 Å². The van der Waals surface area contributed by atoms with Crippen LogP contribution in [0, 0.1) is 11.3 Å². The minimum Gasteiger partial charge on any atom is -0.342 e. The molecule has 1 saturated heterocycles. The summed E-state index contributed by atoms with van der Waals surface area (Å²) < 4.78 is 0. The lowest BCUT2D eigenvalue weighted by Crippen LogP contribution is -2.37. The molecule has 1 amide bonds. The molecule has 110 valence electrons. The van der Waals surface area contributed by atoms with Gasteiger partial charge >= 0.3 is 0 Å². The molecule has 2 rings (SSSR count). The fourth-order valence-corrected chi connectivity index (χ4v) is 2.92. The first-order valence-corrected chi connectivity index (χ1v) is 7.57. The van der Waals surface area contributed by atoms with Crippen molar-refractivity contribution in [3.05, 3.63) is 35.9 Å². The Kier molecular flexibility index (Phi) is 4.81. The van der Waals surface area contributed by atoms with Crippen LogP contribution >= 0.6 is 0 Å². The predicted octanol–water partition coefficient (Wildman–Crippen LogP) is 2.45. The fourth-order valence-electron chi connectivity index (χ4n) is 2.92. The molecule has 1 heterocycles. The summed E-state index contributed by atoms with van der Waals surface area (Å²) in [5.74, 6) is 0.169. The molecule has 2 atom stereocenters. The average Bonchev–Trinajstić information content (AvgIpc) is 2.87. The largest absolute Gasteiger partial charge is 0.342 e. The first kappa shape index (κ1) is 15.0. The van der Waals surface area contributed by atoms with E-state index in [9.17, 15) is 4.79 Å². The average molecular weight is 274 g/mol. The number of benzene rings is 1. The highest BCUT2D eigenvalue weighted by Gasteiger charge is 2.36. The van der Waals surface area contributed by atoms with Gasteiger partial charge in [-0.2, -0.15) is 0 Å². The number of hydrogen-bond donors (Lipinski definition) is 1. The normalized spacial score (nSPS) is 23.9. The van der Waals surface area contributed by atoms with Crippen LogP contribution in [0.2, 0.25) is 0 Å². The molecule has 2 N–H and O–H groups in total. The number of amides is 1. The molecule has 1 aliphatic heterocycles. The lowest BCUT2D eigenvalue weighted by atomic mass is 9.83. The third kappa shape index (κ3) is 3.60. The van der Waals surface area contributed by atoms with E-state index in [2.05, 4.69) is 37.3 Å². The first-order valence-electron chi connectivity index (χ1n) is 7.57. The molecule has 1 fully saturated rings. The fraction of sp³-hybridized carbons (Fsp3) is 0.588. The predicted molar refractivity (Wildman–Crippen MR) is 82.3 cm³/mol. The minimum absolute atomic E-state index is 0.0496. The summed E-state index contributed by atoms with van der Waals surface area (Å²) in [4.78, 5) is 14.2. The van der Waals surface area contributed by atoms with Crippen LogP contribution in [-0.4, -0.2) is 30.4 Å². The summed E-state index contributed by atoms with van der Waals surface area (Å²) in [6.45, 7) is 6.42. The second-order valence-electron chi connectivity index (χ2n) is 6.44. The van der Waals surface area contributed by atoms with Crippen LogP contribution in [0.4, 0.5) is 0 Å². The van der Waals surface area contributed by atoms with Crippen LogP contribution in [-0.2, 0) is 11.2 Å². The Morgan fingerprint density at radius 1 is 1.40 bits per heavy atom. The van der Waals surface area contributed by atoms with Crippen LogP contribution in [0.5, 0.6) is 0 Å². The highest BCUT2D eigenvalue weighted by Crippen LogP contribution is 2.35. The number of nitrogens with zero attached hydrogens (tertiary/aromatic N) is 1. The van der Waals surface area contributed by atoms with E-state index < -0.39 is 0 Å². The molecule has 1 aromatic carbocycles. The molecule has 1 aromatic rings. The molecule has 0 bridgehead atoms. The van der Waals surface area contributed by atoms with Gasteiger partial charge in [-0.05, 0) is 30.2 Å². The second kappa shape index (κ2) is 6.40. The minimum atomic E-state index is -0.0496. The Morgan fingerprint density at radius 3 is 2.75 bits per heavy atom. The van der Waals surface area contributed by atoms with Crippen molar-refractivity contribution in [2.45, 2.75) is 33.1 Å². The van der Waals surface area contributed by atoms with Crippen molar-refractivity contribution in [1.29, 1.82) is 0 Å². The van der Waals surface area contributed by atoms with Gasteiger partial charge in [-0.25, -0.2) is 0 Å². The van der Waals surface area contributed by atoms with Crippen LogP contribution in [0.15, 0.2) is 30.3 Å². The maximum absolute atomic E-state index is 12.2. The van der Waals surface area contributed by atoms with Crippen LogP contribution in [0.25, 0.3) is 0 Å². The van der Waals surface area contributed by atoms with Gasteiger partial charge in [0.25, 0.3) is 0 Å². The highest BCUT2D eigenvalue weighted by molar-refractivity contribution is 5.79. The van der Waals surface area contributed by atoms with E-state index in [4.69, 9.17) is 5.73 Å². The first-order chi connectivity index (χ1) is 9.54. The smallest absolute Gasteiger partial charge is 0.226 e. The monoisotopic (exact) mass is 274 g/mol. The van der Waals surface area contributed by atoms with E-state index in [0.717, 1.165) is 32.4 Å². The Morgan fingerprint density at radius 2 is 2.10 bits per heavy atom. The van der Waals surface area contributed by atoms with Crippen molar-refractivity contribution in [1.82, 2.24) is 4.90 Å². The lowest BCUT2D eigenvalue weighted by Gasteiger charge is -2.26. The molecule has 0 aliphatic carbocycles. The number of carbonyl (C=O) groups excluding carboxylic acids is 1. The van der Waals surface area contributed by atoms with Gasteiger partial charge in [-0.15, -0.1) is 0 Å². The standard InChI is InChI=1S/C17H26N2O/c1-14(12-18)16(20)19-11-10-17(2,13-19)9-8-15-6-4-3-5-7-15/h3-7,14H,8-13,18H2,1-2H3. The van der Waals surface area contributed by atoms with Crippen LogP contribution < -0.4 is 5.73 Å². The Balaban J connectivity index is 1.88. The van der Waals surface area contributed by atoms with E-state index >= 15 is 0 Å². The van der Waals surface area contributed by atoms with E-state index in [0.29, 0.717) is 6.54 Å². The van der Waals surface area contributed by atoms with E-state index in [-0.39, 0.29) is 17.2 Å². The topological polar surface area (TPSA) is 46.3 Å². The number of likely N-dealkylation sites (tertiary alicyclic amines) is 1. The van der Waals surface area contributed by atoms with Gasteiger partial charge in [0, 0.05) is 25.6 Å². The van der Waals surface area contributed by atoms with Crippen molar-refractivity contribution in [3.8, 4) is 0 Å². The molecule has 3 nitrogen and oxygen atoms in total. The van der Waals surface area contributed by atoms with Crippen molar-refractivity contribution >= 4 is 5.91 Å². The van der Waals surface area contributed by atoms with E-state index in [1.165, 1.54) is 5.56 Å². The molecule has 0 radical (unpaired) electrons. The van der Waals surface area contributed by atoms with Crippen molar-refractivity contribution < 1.29 is 4.79 Å². The summed E-state index contributed by atoms with van der Waals surface area (Å²) in [6, 6.07) is 10.6. The van der Waals surface area contributed by atoms with E-state index in [1.807, 2.05) is 11.8 Å². The van der Waals surface area contributed by atoms with Gasteiger partial charge in [0.2, 0.25) is 5.91 Å². The number of aryl methyl sites for hydroxylation is 1. The van der Waals surface area contributed by atoms with Gasteiger partial charge < -0.3 is 10.6 Å². The Labute approximate surface area is 122 Å². The molecular weight excluding hydrogens is 248 g/mol. The third-order valence-corrected chi connectivity index (χ3v) is 4.50. The molecule has 1 aliphatic rings. The molecule has 0 saturated carbocycles. The number of carbonyl (C=O) groups is 1. The Bertz CT molecular complexity index is 446. The molecular formula is C17H26N2O. The maximum Gasteiger partial charge on any atom is 0.226 e. The van der Waals surface area contributed by atoms with Crippen LogP contribution in [0.1, 0.15) is 32.3 Å². The van der Waals surface area contributed by atoms with E-state index in [1.54, 1.807) is 0 Å². The van der Waals surface area contributed by atoms with Crippen molar-refractivity contribution in [3.63, 3.8) is 0 Å². The molecule has 0 spiro atoms. The maximum atomic E-state index is 12.2. The molecule has 3 heteroatoms. The third-order valence-electron chi connectivity index (χ3n) is 4.50. The van der Waals surface area contributed by atoms with Crippen molar-refractivity contribution in [2.75, 3.05) is 19.6 Å². The van der Waals surface area contributed by atoms with Gasteiger partial charge in [0.1, 0.15) is 0 Å². The van der Waals surface area contributed by atoms with Gasteiger partial charge in [-0.1, -0.05) is 44.2 Å². The van der Waals surface area contributed by atoms with Gasteiger partial charge in [0.05, 0.1) is 0 Å². The summed E-state index contributed by atoms with van der Waals surface area (Å²) in [6.07, 6.45) is 3.33. The van der Waals surface area contributed by atoms with Crippen LogP contribution in [0.3, 0.4) is 0 Å². The number of nitrogens with two attached hydrogens (primary N) is 1. The SMILES string of the molecule is CC(CN)C(=O)N1CCC(C)(CCc2ccccc2)C1. The highest BCUT2D eigenvalue weighted by atomic mass is 16.2. The summed E-state index contributed by atoms with van der Waals surface area (Å²) in [5.41, 5.74) is 7.23. The number of hydrogen-bond acceptors (Lipinski definition) is 2. The molecule has 0 aromatic heterocycles. The number of rotatable bonds is 5.